The second-order valence-corrected chi connectivity index (χ2v) is 9.63. The molecule has 0 amide bonds. The molecule has 2 atom stereocenters. The predicted octanol–water partition coefficient (Wildman–Crippen LogP) is 2.40. The highest BCUT2D eigenvalue weighted by Gasteiger charge is 2.31. The first kappa shape index (κ1) is 23.1. The fourth-order valence-corrected chi connectivity index (χ4v) is 4.61. The van der Waals surface area contributed by atoms with Crippen molar-refractivity contribution >= 4 is 21.4 Å². The SMILES string of the molecule is CC1CN(c2ccc(S(=O)(=O)NCCN(C)C)cc2[N+](=O)[O-])CC(c2ccccc2)O1. The van der Waals surface area contributed by atoms with E-state index in [0.717, 1.165) is 11.6 Å². The van der Waals surface area contributed by atoms with Gasteiger partial charge in [-0.15, -0.1) is 0 Å². The molecule has 2 aromatic rings. The number of nitrogens with zero attached hydrogens (tertiary/aromatic N) is 3. The maximum Gasteiger partial charge on any atom is 0.293 e. The summed E-state index contributed by atoms with van der Waals surface area (Å²) in [5, 5.41) is 11.8. The van der Waals surface area contributed by atoms with Gasteiger partial charge in [0.25, 0.3) is 5.69 Å². The summed E-state index contributed by atoms with van der Waals surface area (Å²) in [6, 6.07) is 13.8. The number of likely N-dealkylation sites (N-methyl/N-ethyl adjacent to an activating group) is 1. The van der Waals surface area contributed by atoms with Crippen LogP contribution in [0.15, 0.2) is 53.4 Å². The van der Waals surface area contributed by atoms with E-state index in [-0.39, 0.29) is 29.3 Å². The van der Waals surface area contributed by atoms with E-state index in [1.54, 1.807) is 0 Å². The Bertz CT molecular complexity index is 1010. The molecule has 1 aliphatic heterocycles. The van der Waals surface area contributed by atoms with E-state index in [0.29, 0.717) is 25.3 Å². The highest BCUT2D eigenvalue weighted by atomic mass is 32.2. The van der Waals surface area contributed by atoms with Gasteiger partial charge in [0.1, 0.15) is 11.8 Å². The number of morpholine rings is 1. The number of benzene rings is 2. The third-order valence-electron chi connectivity index (χ3n) is 5.08. The first-order chi connectivity index (χ1) is 14.7. The molecule has 0 bridgehead atoms. The highest BCUT2D eigenvalue weighted by molar-refractivity contribution is 7.89. The smallest absolute Gasteiger partial charge is 0.293 e. The summed E-state index contributed by atoms with van der Waals surface area (Å²) in [6.07, 6.45) is -0.379. The molecule has 31 heavy (non-hydrogen) atoms. The highest BCUT2D eigenvalue weighted by Crippen LogP contribution is 2.35. The normalized spacial score (nSPS) is 19.5. The number of nitro benzene ring substituents is 1. The van der Waals surface area contributed by atoms with Crippen molar-refractivity contribution in [3.05, 3.63) is 64.2 Å². The van der Waals surface area contributed by atoms with Gasteiger partial charge in [-0.1, -0.05) is 30.3 Å². The van der Waals surface area contributed by atoms with Crippen LogP contribution < -0.4 is 9.62 Å². The van der Waals surface area contributed by atoms with E-state index in [4.69, 9.17) is 4.74 Å². The number of anilines is 1. The number of nitrogens with one attached hydrogen (secondary N) is 1. The molecular weight excluding hydrogens is 420 g/mol. The lowest BCUT2D eigenvalue weighted by Crippen LogP contribution is -2.43. The number of hydrogen-bond acceptors (Lipinski definition) is 7. The van der Waals surface area contributed by atoms with Gasteiger partial charge >= 0.3 is 0 Å². The number of nitro groups is 1. The molecule has 0 aliphatic carbocycles. The monoisotopic (exact) mass is 448 g/mol. The largest absolute Gasteiger partial charge is 0.367 e. The van der Waals surface area contributed by atoms with Gasteiger partial charge in [-0.2, -0.15) is 0 Å². The molecule has 168 valence electrons. The van der Waals surface area contributed by atoms with Gasteiger partial charge in [0.15, 0.2) is 0 Å². The number of ether oxygens (including phenoxy) is 1. The Labute approximate surface area is 182 Å². The molecule has 0 radical (unpaired) electrons. The van der Waals surface area contributed by atoms with Crippen LogP contribution in [-0.2, 0) is 14.8 Å². The topological polar surface area (TPSA) is 105 Å². The first-order valence-electron chi connectivity index (χ1n) is 10.1. The van der Waals surface area contributed by atoms with Gasteiger partial charge in [-0.3, -0.25) is 10.1 Å². The van der Waals surface area contributed by atoms with E-state index in [2.05, 4.69) is 4.72 Å². The number of sulfonamides is 1. The second-order valence-electron chi connectivity index (χ2n) is 7.86. The van der Waals surface area contributed by atoms with E-state index < -0.39 is 14.9 Å². The molecule has 9 nitrogen and oxygen atoms in total. The molecular formula is C21H28N4O5S. The van der Waals surface area contributed by atoms with E-state index in [9.17, 15) is 18.5 Å². The van der Waals surface area contributed by atoms with Crippen molar-refractivity contribution in [1.29, 1.82) is 0 Å². The summed E-state index contributed by atoms with van der Waals surface area (Å²) in [4.78, 5) is 14.9. The Morgan fingerprint density at radius 1 is 1.19 bits per heavy atom. The van der Waals surface area contributed by atoms with Crippen LogP contribution in [0.25, 0.3) is 0 Å². The third-order valence-corrected chi connectivity index (χ3v) is 6.54. The molecule has 2 unspecified atom stereocenters. The van der Waals surface area contributed by atoms with Gasteiger partial charge in [0.05, 0.1) is 15.9 Å². The van der Waals surface area contributed by atoms with Crippen molar-refractivity contribution < 1.29 is 18.1 Å². The van der Waals surface area contributed by atoms with Crippen LogP contribution in [0.5, 0.6) is 0 Å². The Balaban J connectivity index is 1.88. The molecule has 1 heterocycles. The quantitative estimate of drug-likeness (QED) is 0.488. The maximum absolute atomic E-state index is 12.6. The van der Waals surface area contributed by atoms with Crippen LogP contribution in [0.1, 0.15) is 18.6 Å². The molecule has 1 N–H and O–H groups in total. The standard InChI is InChI=1S/C21H28N4O5S/c1-16-14-24(15-21(30-16)17-7-5-4-6-8-17)19-10-9-18(13-20(19)25(26)27)31(28,29)22-11-12-23(2)3/h4-10,13,16,21-22H,11-12,14-15H2,1-3H3. The van der Waals surface area contributed by atoms with Gasteiger partial charge in [-0.25, -0.2) is 13.1 Å². The summed E-state index contributed by atoms with van der Waals surface area (Å²) < 4.78 is 33.7. The van der Waals surface area contributed by atoms with E-state index in [1.807, 2.05) is 61.2 Å². The fraction of sp³-hybridized carbons (Fsp3) is 0.429. The lowest BCUT2D eigenvalue weighted by molar-refractivity contribution is -0.384. The van der Waals surface area contributed by atoms with Crippen LogP contribution in [0.3, 0.4) is 0 Å². The van der Waals surface area contributed by atoms with Crippen LogP contribution in [0.4, 0.5) is 11.4 Å². The summed E-state index contributed by atoms with van der Waals surface area (Å²) in [6.45, 7) is 3.55. The Kier molecular flexibility index (Phi) is 7.26. The van der Waals surface area contributed by atoms with Gasteiger partial charge in [0, 0.05) is 32.2 Å². The Hall–Kier alpha value is -2.53. The zero-order valence-corrected chi connectivity index (χ0v) is 18.7. The lowest BCUT2D eigenvalue weighted by atomic mass is 10.1. The van der Waals surface area contributed by atoms with E-state index in [1.165, 1.54) is 12.1 Å². The zero-order valence-electron chi connectivity index (χ0n) is 17.9. The summed E-state index contributed by atoms with van der Waals surface area (Å²) in [7, 11) is -0.182. The lowest BCUT2D eigenvalue weighted by Gasteiger charge is -2.38. The average Bonchev–Trinajstić information content (AvgIpc) is 2.73. The van der Waals surface area contributed by atoms with Crippen molar-refractivity contribution in [3.8, 4) is 0 Å². The molecule has 0 spiro atoms. The molecule has 10 heteroatoms. The van der Waals surface area contributed by atoms with E-state index >= 15 is 0 Å². The maximum atomic E-state index is 12.6. The predicted molar refractivity (Wildman–Crippen MR) is 119 cm³/mol. The minimum Gasteiger partial charge on any atom is -0.367 e. The van der Waals surface area contributed by atoms with Crippen molar-refractivity contribution in [1.82, 2.24) is 9.62 Å². The van der Waals surface area contributed by atoms with Crippen molar-refractivity contribution in [3.63, 3.8) is 0 Å². The van der Waals surface area contributed by atoms with Crippen molar-refractivity contribution in [2.75, 3.05) is 45.2 Å². The summed E-state index contributed by atoms with van der Waals surface area (Å²) >= 11 is 0. The molecule has 3 rings (SSSR count). The number of hydrogen-bond donors (Lipinski definition) is 1. The van der Waals surface area contributed by atoms with Crippen LogP contribution in [0.2, 0.25) is 0 Å². The fourth-order valence-electron chi connectivity index (χ4n) is 3.57. The van der Waals surface area contributed by atoms with Gasteiger partial charge in [0.2, 0.25) is 10.0 Å². The first-order valence-corrected chi connectivity index (χ1v) is 11.5. The van der Waals surface area contributed by atoms with Gasteiger partial charge in [-0.05, 0) is 38.7 Å². The minimum absolute atomic E-state index is 0.123. The van der Waals surface area contributed by atoms with Crippen LogP contribution in [-0.4, -0.2) is 64.6 Å². The molecule has 1 aliphatic rings. The van der Waals surface area contributed by atoms with Crippen LogP contribution >= 0.6 is 0 Å². The average molecular weight is 449 g/mol. The van der Waals surface area contributed by atoms with Gasteiger partial charge < -0.3 is 14.5 Å². The van der Waals surface area contributed by atoms with Crippen LogP contribution in [0, 0.1) is 10.1 Å². The summed E-state index contributed by atoms with van der Waals surface area (Å²) in [5.74, 6) is 0. The Morgan fingerprint density at radius 3 is 2.55 bits per heavy atom. The zero-order chi connectivity index (χ0) is 22.6. The third kappa shape index (κ3) is 5.79. The molecule has 2 aromatic carbocycles. The summed E-state index contributed by atoms with van der Waals surface area (Å²) in [5.41, 5.74) is 1.13. The van der Waals surface area contributed by atoms with Crippen molar-refractivity contribution in [2.24, 2.45) is 0 Å². The second kappa shape index (κ2) is 9.73. The van der Waals surface area contributed by atoms with Crippen molar-refractivity contribution in [2.45, 2.75) is 24.0 Å². The minimum atomic E-state index is -3.85. The molecule has 0 saturated carbocycles. The molecule has 1 fully saturated rings. The number of rotatable bonds is 8. The Morgan fingerprint density at radius 2 is 1.90 bits per heavy atom. The molecule has 0 aromatic heterocycles. The molecule has 1 saturated heterocycles.